The summed E-state index contributed by atoms with van der Waals surface area (Å²) in [6.45, 7) is 8.12. The molecule has 6 nitrogen and oxygen atoms in total. The zero-order chi connectivity index (χ0) is 23.8. The van der Waals surface area contributed by atoms with Gasteiger partial charge >= 0.3 is 11.9 Å². The molecule has 6 heteroatoms. The van der Waals surface area contributed by atoms with E-state index in [0.717, 1.165) is 12.8 Å². The molecule has 0 aromatic heterocycles. The van der Waals surface area contributed by atoms with E-state index in [9.17, 15) is 19.8 Å². The van der Waals surface area contributed by atoms with Gasteiger partial charge in [0.05, 0.1) is 23.3 Å². The highest BCUT2D eigenvalue weighted by Gasteiger charge is 2.20. The molecule has 0 amide bonds. The average Bonchev–Trinajstić information content (AvgIpc) is 2.76. The Bertz CT molecular complexity index is 677. The van der Waals surface area contributed by atoms with Crippen LogP contribution in [0.3, 0.4) is 0 Å². The molecule has 0 saturated carbocycles. The van der Waals surface area contributed by atoms with Gasteiger partial charge in [0.1, 0.15) is 0 Å². The fourth-order valence-electron chi connectivity index (χ4n) is 2.71. The number of aromatic carboxylic acids is 2. The van der Waals surface area contributed by atoms with Crippen molar-refractivity contribution in [3.63, 3.8) is 0 Å². The van der Waals surface area contributed by atoms with Crippen LogP contribution in [0.2, 0.25) is 0 Å². The number of hydrogen-bond donors (Lipinski definition) is 4. The predicted molar refractivity (Wildman–Crippen MR) is 122 cm³/mol. The molecule has 2 aromatic rings. The Kier molecular flexibility index (Phi) is 14.7. The SMILES string of the molecule is CCC(CC)C(O)CC(O)C(C)C.O=C(O)c1ccccc1.O=C(O)c1ccccc1. The summed E-state index contributed by atoms with van der Waals surface area (Å²) in [6, 6.07) is 16.6. The summed E-state index contributed by atoms with van der Waals surface area (Å²) < 4.78 is 0. The highest BCUT2D eigenvalue weighted by atomic mass is 16.4. The smallest absolute Gasteiger partial charge is 0.335 e. The normalized spacial score (nSPS) is 12.1. The summed E-state index contributed by atoms with van der Waals surface area (Å²) >= 11 is 0. The number of benzene rings is 2. The molecular formula is C25H36O6. The van der Waals surface area contributed by atoms with Gasteiger partial charge < -0.3 is 20.4 Å². The van der Waals surface area contributed by atoms with Crippen molar-refractivity contribution in [2.24, 2.45) is 11.8 Å². The molecule has 0 aliphatic heterocycles. The van der Waals surface area contributed by atoms with E-state index in [-0.39, 0.29) is 18.1 Å². The van der Waals surface area contributed by atoms with Crippen molar-refractivity contribution < 1.29 is 30.0 Å². The maximum Gasteiger partial charge on any atom is 0.335 e. The molecule has 2 aromatic carbocycles. The summed E-state index contributed by atoms with van der Waals surface area (Å²) in [5, 5.41) is 36.1. The number of aliphatic hydroxyl groups is 2. The fourth-order valence-corrected chi connectivity index (χ4v) is 2.71. The van der Waals surface area contributed by atoms with Gasteiger partial charge in [0.2, 0.25) is 0 Å². The van der Waals surface area contributed by atoms with Crippen LogP contribution in [-0.2, 0) is 0 Å². The highest BCUT2D eigenvalue weighted by molar-refractivity contribution is 5.87. The Labute approximate surface area is 185 Å². The second kappa shape index (κ2) is 16.1. The van der Waals surface area contributed by atoms with E-state index in [1.807, 2.05) is 13.8 Å². The fraction of sp³-hybridized carbons (Fsp3) is 0.440. The standard InChI is InChI=1S/C11H24O2.2C7H6O2/c1-5-9(6-2)11(13)7-10(12)8(3)4;2*8-7(9)6-4-2-1-3-5-6/h8-13H,5-7H2,1-4H3;2*1-5H,(H,8,9). The van der Waals surface area contributed by atoms with Crippen molar-refractivity contribution >= 4 is 11.9 Å². The summed E-state index contributed by atoms with van der Waals surface area (Å²) in [5.74, 6) is -1.18. The largest absolute Gasteiger partial charge is 0.478 e. The molecule has 172 valence electrons. The lowest BCUT2D eigenvalue weighted by Crippen LogP contribution is -2.27. The van der Waals surface area contributed by atoms with E-state index < -0.39 is 11.9 Å². The van der Waals surface area contributed by atoms with Crippen LogP contribution in [0.15, 0.2) is 60.7 Å². The molecule has 0 spiro atoms. The number of carbonyl (C=O) groups is 2. The van der Waals surface area contributed by atoms with Gasteiger partial charge in [-0.15, -0.1) is 0 Å². The molecule has 0 aliphatic carbocycles. The minimum absolute atomic E-state index is 0.240. The Morgan fingerprint density at radius 2 is 1.06 bits per heavy atom. The Morgan fingerprint density at radius 1 is 0.710 bits per heavy atom. The third-order valence-corrected chi connectivity index (χ3v) is 4.89. The second-order valence-electron chi connectivity index (χ2n) is 7.53. The first kappa shape index (κ1) is 28.3. The second-order valence-corrected chi connectivity index (χ2v) is 7.53. The Balaban J connectivity index is 0.000000445. The van der Waals surface area contributed by atoms with Crippen molar-refractivity contribution in [2.75, 3.05) is 0 Å². The quantitative estimate of drug-likeness (QED) is 0.469. The highest BCUT2D eigenvalue weighted by Crippen LogP contribution is 2.19. The lowest BCUT2D eigenvalue weighted by Gasteiger charge is -2.24. The molecule has 2 unspecified atom stereocenters. The molecule has 2 rings (SSSR count). The minimum atomic E-state index is -0.879. The molecule has 0 radical (unpaired) electrons. The first-order chi connectivity index (χ1) is 14.6. The van der Waals surface area contributed by atoms with Gasteiger partial charge in [-0.25, -0.2) is 9.59 Å². The van der Waals surface area contributed by atoms with E-state index in [1.165, 1.54) is 0 Å². The summed E-state index contributed by atoms with van der Waals surface area (Å²) in [5.41, 5.74) is 0.662. The molecule has 4 N–H and O–H groups in total. The molecule has 0 heterocycles. The molecule has 0 saturated heterocycles. The van der Waals surface area contributed by atoms with E-state index in [4.69, 9.17) is 10.2 Å². The van der Waals surface area contributed by atoms with E-state index in [2.05, 4.69) is 13.8 Å². The van der Waals surface area contributed by atoms with Crippen molar-refractivity contribution in [2.45, 2.75) is 59.2 Å². The van der Waals surface area contributed by atoms with Crippen molar-refractivity contribution in [1.29, 1.82) is 0 Å². The summed E-state index contributed by atoms with van der Waals surface area (Å²) in [4.78, 5) is 20.4. The monoisotopic (exact) mass is 432 g/mol. The maximum absolute atomic E-state index is 10.2. The molecule has 2 atom stereocenters. The Hall–Kier alpha value is -2.70. The van der Waals surface area contributed by atoms with Crippen LogP contribution in [0.1, 0.15) is 67.7 Å². The molecule has 0 fully saturated rings. The van der Waals surface area contributed by atoms with Gasteiger partial charge in [-0.1, -0.05) is 76.9 Å². The lowest BCUT2D eigenvalue weighted by atomic mass is 9.90. The summed E-state index contributed by atoms with van der Waals surface area (Å²) in [7, 11) is 0. The van der Waals surface area contributed by atoms with Crippen LogP contribution < -0.4 is 0 Å². The van der Waals surface area contributed by atoms with E-state index in [0.29, 0.717) is 23.5 Å². The minimum Gasteiger partial charge on any atom is -0.478 e. The number of carboxylic acids is 2. The number of rotatable bonds is 8. The maximum atomic E-state index is 10.2. The average molecular weight is 433 g/mol. The zero-order valence-corrected chi connectivity index (χ0v) is 18.8. The first-order valence-corrected chi connectivity index (χ1v) is 10.6. The molecule has 0 aliphatic rings. The van der Waals surface area contributed by atoms with E-state index in [1.54, 1.807) is 60.7 Å². The number of aliphatic hydroxyl groups excluding tert-OH is 2. The molecule has 0 bridgehead atoms. The summed E-state index contributed by atoms with van der Waals surface area (Å²) in [6.07, 6.45) is 1.79. The molecule has 31 heavy (non-hydrogen) atoms. The van der Waals surface area contributed by atoms with Crippen LogP contribution >= 0.6 is 0 Å². The number of carboxylic acid groups (broad SMARTS) is 2. The van der Waals surface area contributed by atoms with Gasteiger partial charge in [0.25, 0.3) is 0 Å². The predicted octanol–water partition coefficient (Wildman–Crippen LogP) is 4.96. The third kappa shape index (κ3) is 12.6. The van der Waals surface area contributed by atoms with Gasteiger partial charge in [0.15, 0.2) is 0 Å². The van der Waals surface area contributed by atoms with Gasteiger partial charge in [-0.3, -0.25) is 0 Å². The van der Waals surface area contributed by atoms with Crippen molar-refractivity contribution in [3.05, 3.63) is 71.8 Å². The first-order valence-electron chi connectivity index (χ1n) is 10.6. The van der Waals surface area contributed by atoms with Crippen LogP contribution in [-0.4, -0.2) is 44.6 Å². The van der Waals surface area contributed by atoms with E-state index >= 15 is 0 Å². The van der Waals surface area contributed by atoms with Crippen LogP contribution in [0, 0.1) is 11.8 Å². The van der Waals surface area contributed by atoms with Gasteiger partial charge in [-0.2, -0.15) is 0 Å². The molecular weight excluding hydrogens is 396 g/mol. The lowest BCUT2D eigenvalue weighted by molar-refractivity contribution is 0.0225. The van der Waals surface area contributed by atoms with Crippen LogP contribution in [0.4, 0.5) is 0 Å². The van der Waals surface area contributed by atoms with Gasteiger partial charge in [-0.05, 0) is 42.5 Å². The Morgan fingerprint density at radius 3 is 1.29 bits per heavy atom. The third-order valence-electron chi connectivity index (χ3n) is 4.89. The zero-order valence-electron chi connectivity index (χ0n) is 18.8. The number of hydrogen-bond acceptors (Lipinski definition) is 4. The van der Waals surface area contributed by atoms with Crippen molar-refractivity contribution in [3.8, 4) is 0 Å². The van der Waals surface area contributed by atoms with Crippen LogP contribution in [0.25, 0.3) is 0 Å². The van der Waals surface area contributed by atoms with Gasteiger partial charge in [0, 0.05) is 0 Å². The van der Waals surface area contributed by atoms with Crippen LogP contribution in [0.5, 0.6) is 0 Å². The van der Waals surface area contributed by atoms with Crippen molar-refractivity contribution in [1.82, 2.24) is 0 Å². The topological polar surface area (TPSA) is 115 Å².